The first-order valence-corrected chi connectivity index (χ1v) is 6.50. The van der Waals surface area contributed by atoms with Crippen LogP contribution in [0.2, 0.25) is 0 Å². The van der Waals surface area contributed by atoms with Gasteiger partial charge in [-0.3, -0.25) is 4.90 Å². The second-order valence-electron chi connectivity index (χ2n) is 5.72. The fourth-order valence-electron chi connectivity index (χ4n) is 2.33. The summed E-state index contributed by atoms with van der Waals surface area (Å²) in [5, 5.41) is 0. The quantitative estimate of drug-likeness (QED) is 0.825. The molecule has 0 aliphatic heterocycles. The van der Waals surface area contributed by atoms with E-state index in [2.05, 4.69) is 24.9 Å². The third-order valence-electron chi connectivity index (χ3n) is 3.98. The van der Waals surface area contributed by atoms with Gasteiger partial charge in [0.2, 0.25) is 0 Å². The maximum atomic E-state index is 5.97. The Morgan fingerprint density at radius 1 is 1.47 bits per heavy atom. The number of nitrogens with zero attached hydrogens (tertiary/aromatic N) is 1. The highest BCUT2D eigenvalue weighted by atomic mass is 16.3. The minimum Gasteiger partial charge on any atom is -0.465 e. The van der Waals surface area contributed by atoms with E-state index in [0.717, 1.165) is 24.0 Å². The van der Waals surface area contributed by atoms with Crippen molar-refractivity contribution in [1.29, 1.82) is 0 Å². The lowest BCUT2D eigenvalue weighted by Crippen LogP contribution is -2.49. The predicted molar refractivity (Wildman–Crippen MR) is 69.7 cm³/mol. The molecule has 0 amide bonds. The van der Waals surface area contributed by atoms with E-state index in [9.17, 15) is 0 Å². The standard InChI is InChI=1S/C14H24N2O/c1-11-4-7-13(17-11)9-16(3)14(2,10-15)8-12-5-6-12/h4,7,12H,5-6,8-10,15H2,1-3H3. The Morgan fingerprint density at radius 3 is 2.65 bits per heavy atom. The molecule has 1 aromatic heterocycles. The monoisotopic (exact) mass is 236 g/mol. The van der Waals surface area contributed by atoms with Crippen LogP contribution < -0.4 is 5.73 Å². The predicted octanol–water partition coefficient (Wildman–Crippen LogP) is 2.54. The van der Waals surface area contributed by atoms with Crippen LogP contribution in [0.15, 0.2) is 16.5 Å². The van der Waals surface area contributed by atoms with Gasteiger partial charge in [-0.25, -0.2) is 0 Å². The van der Waals surface area contributed by atoms with Gasteiger partial charge in [0.1, 0.15) is 11.5 Å². The Kier molecular flexibility index (Phi) is 3.59. The molecule has 1 aliphatic carbocycles. The normalized spacial score (nSPS) is 19.6. The largest absolute Gasteiger partial charge is 0.465 e. The molecule has 3 heteroatoms. The van der Waals surface area contributed by atoms with E-state index in [4.69, 9.17) is 10.2 Å². The van der Waals surface area contributed by atoms with E-state index in [0.29, 0.717) is 6.54 Å². The molecule has 0 saturated heterocycles. The van der Waals surface area contributed by atoms with Gasteiger partial charge < -0.3 is 10.2 Å². The summed E-state index contributed by atoms with van der Waals surface area (Å²) in [7, 11) is 2.15. The molecule has 1 fully saturated rings. The molecule has 0 aromatic carbocycles. The van der Waals surface area contributed by atoms with Crippen LogP contribution in [0, 0.1) is 12.8 Å². The summed E-state index contributed by atoms with van der Waals surface area (Å²) >= 11 is 0. The highest BCUT2D eigenvalue weighted by Crippen LogP contribution is 2.38. The minimum absolute atomic E-state index is 0.0991. The molecule has 96 valence electrons. The third-order valence-corrected chi connectivity index (χ3v) is 3.98. The van der Waals surface area contributed by atoms with Crippen LogP contribution >= 0.6 is 0 Å². The molecule has 0 radical (unpaired) electrons. The molecule has 0 bridgehead atoms. The van der Waals surface area contributed by atoms with E-state index in [1.807, 2.05) is 13.0 Å². The first kappa shape index (κ1) is 12.7. The lowest BCUT2D eigenvalue weighted by molar-refractivity contribution is 0.111. The van der Waals surface area contributed by atoms with Gasteiger partial charge >= 0.3 is 0 Å². The van der Waals surface area contributed by atoms with Crippen LogP contribution in [0.5, 0.6) is 0 Å². The molecule has 2 rings (SSSR count). The van der Waals surface area contributed by atoms with Crippen LogP contribution in [-0.2, 0) is 6.54 Å². The Morgan fingerprint density at radius 2 is 2.18 bits per heavy atom. The molecule has 1 heterocycles. The van der Waals surface area contributed by atoms with Gasteiger partial charge in [0.15, 0.2) is 0 Å². The fourth-order valence-corrected chi connectivity index (χ4v) is 2.33. The third kappa shape index (κ3) is 3.11. The van der Waals surface area contributed by atoms with Gasteiger partial charge in [-0.15, -0.1) is 0 Å². The van der Waals surface area contributed by atoms with Crippen LogP contribution in [0.1, 0.15) is 37.7 Å². The van der Waals surface area contributed by atoms with Crippen molar-refractivity contribution in [2.24, 2.45) is 11.7 Å². The molecule has 1 unspecified atom stereocenters. The zero-order valence-corrected chi connectivity index (χ0v) is 11.2. The van der Waals surface area contributed by atoms with E-state index < -0.39 is 0 Å². The Balaban J connectivity index is 1.98. The number of likely N-dealkylation sites (N-methyl/N-ethyl adjacent to an activating group) is 1. The summed E-state index contributed by atoms with van der Waals surface area (Å²) in [6.07, 6.45) is 3.96. The molecule has 0 spiro atoms. The number of aryl methyl sites for hydroxylation is 1. The maximum Gasteiger partial charge on any atom is 0.118 e. The number of hydrogen-bond donors (Lipinski definition) is 1. The van der Waals surface area contributed by atoms with E-state index in [1.165, 1.54) is 19.3 Å². The minimum atomic E-state index is 0.0991. The van der Waals surface area contributed by atoms with E-state index in [-0.39, 0.29) is 5.54 Å². The van der Waals surface area contributed by atoms with Crippen LogP contribution in [0.25, 0.3) is 0 Å². The molecule has 17 heavy (non-hydrogen) atoms. The van der Waals surface area contributed by atoms with Crippen molar-refractivity contribution in [3.05, 3.63) is 23.7 Å². The zero-order chi connectivity index (χ0) is 12.5. The summed E-state index contributed by atoms with van der Waals surface area (Å²) in [5.74, 6) is 2.90. The summed E-state index contributed by atoms with van der Waals surface area (Å²) in [5.41, 5.74) is 6.07. The molecular weight excluding hydrogens is 212 g/mol. The number of hydrogen-bond acceptors (Lipinski definition) is 3. The van der Waals surface area contributed by atoms with Gasteiger partial charge in [0.05, 0.1) is 6.54 Å². The number of rotatable bonds is 6. The molecule has 2 N–H and O–H groups in total. The van der Waals surface area contributed by atoms with Crippen molar-refractivity contribution in [2.75, 3.05) is 13.6 Å². The summed E-state index contributed by atoms with van der Waals surface area (Å²) < 4.78 is 5.63. The first-order chi connectivity index (χ1) is 8.03. The number of furan rings is 1. The van der Waals surface area contributed by atoms with Crippen molar-refractivity contribution in [2.45, 2.75) is 45.2 Å². The lowest BCUT2D eigenvalue weighted by Gasteiger charge is -2.38. The number of nitrogens with two attached hydrogens (primary N) is 1. The molecule has 3 nitrogen and oxygen atoms in total. The fraction of sp³-hybridized carbons (Fsp3) is 0.714. The van der Waals surface area contributed by atoms with Gasteiger partial charge in [0, 0.05) is 12.1 Å². The van der Waals surface area contributed by atoms with Gasteiger partial charge in [-0.2, -0.15) is 0 Å². The van der Waals surface area contributed by atoms with Gasteiger partial charge in [-0.05, 0) is 45.4 Å². The van der Waals surface area contributed by atoms with Gasteiger partial charge in [-0.1, -0.05) is 12.8 Å². The topological polar surface area (TPSA) is 42.4 Å². The van der Waals surface area contributed by atoms with Crippen molar-refractivity contribution in [1.82, 2.24) is 4.90 Å². The molecule has 1 atom stereocenters. The van der Waals surface area contributed by atoms with Crippen LogP contribution in [0.3, 0.4) is 0 Å². The van der Waals surface area contributed by atoms with Crippen molar-refractivity contribution >= 4 is 0 Å². The molecular formula is C14H24N2O. The highest BCUT2D eigenvalue weighted by molar-refractivity contribution is 5.06. The van der Waals surface area contributed by atoms with E-state index in [1.54, 1.807) is 0 Å². The van der Waals surface area contributed by atoms with Gasteiger partial charge in [0.25, 0.3) is 0 Å². The van der Waals surface area contributed by atoms with Crippen LogP contribution in [-0.4, -0.2) is 24.0 Å². The summed E-state index contributed by atoms with van der Waals surface area (Å²) in [6, 6.07) is 4.07. The summed E-state index contributed by atoms with van der Waals surface area (Å²) in [6.45, 7) is 5.80. The SMILES string of the molecule is Cc1ccc(CN(C)C(C)(CN)CC2CC2)o1. The van der Waals surface area contributed by atoms with Crippen LogP contribution in [0.4, 0.5) is 0 Å². The molecule has 1 saturated carbocycles. The smallest absolute Gasteiger partial charge is 0.118 e. The highest BCUT2D eigenvalue weighted by Gasteiger charge is 2.35. The van der Waals surface area contributed by atoms with E-state index >= 15 is 0 Å². The van der Waals surface area contributed by atoms with Crippen molar-refractivity contribution in [3.8, 4) is 0 Å². The average Bonchev–Trinajstić information content (AvgIpc) is 3.01. The molecule has 1 aliphatic rings. The van der Waals surface area contributed by atoms with Crippen molar-refractivity contribution < 1.29 is 4.42 Å². The van der Waals surface area contributed by atoms with Crippen molar-refractivity contribution in [3.63, 3.8) is 0 Å². The zero-order valence-electron chi connectivity index (χ0n) is 11.2. The first-order valence-electron chi connectivity index (χ1n) is 6.50. The summed E-state index contributed by atoms with van der Waals surface area (Å²) in [4.78, 5) is 2.34. The maximum absolute atomic E-state index is 5.97. The Hall–Kier alpha value is -0.800. The lowest BCUT2D eigenvalue weighted by atomic mass is 9.93. The second kappa shape index (κ2) is 4.83. The molecule has 1 aromatic rings. The Labute approximate surface area is 104 Å². The average molecular weight is 236 g/mol. The second-order valence-corrected chi connectivity index (χ2v) is 5.72. The Bertz CT molecular complexity index is 370.